The summed E-state index contributed by atoms with van der Waals surface area (Å²) in [6.45, 7) is 4.14. The molecule has 0 saturated carbocycles. The monoisotopic (exact) mass is 433 g/mol. The van der Waals surface area contributed by atoms with Crippen LogP contribution in [0.1, 0.15) is 40.9 Å². The maximum atomic E-state index is 13.3. The van der Waals surface area contributed by atoms with E-state index in [0.29, 0.717) is 11.0 Å². The van der Waals surface area contributed by atoms with E-state index in [4.69, 9.17) is 9.39 Å². The van der Waals surface area contributed by atoms with Crippen molar-refractivity contribution in [2.75, 3.05) is 0 Å². The van der Waals surface area contributed by atoms with Gasteiger partial charge in [0.15, 0.2) is 17.7 Å². The second-order valence-corrected chi connectivity index (χ2v) is 7.89. The van der Waals surface area contributed by atoms with E-state index in [-0.39, 0.29) is 24.3 Å². The number of fused-ring (bicyclic) bond motifs is 1. The smallest absolute Gasteiger partial charge is 0.459 e. The van der Waals surface area contributed by atoms with Gasteiger partial charge in [-0.3, -0.25) is 4.79 Å². The van der Waals surface area contributed by atoms with Crippen LogP contribution in [0.3, 0.4) is 0 Å². The van der Waals surface area contributed by atoms with E-state index in [0.717, 1.165) is 17.7 Å². The first-order valence-corrected chi connectivity index (χ1v) is 9.55. The molecule has 0 fully saturated rings. The Morgan fingerprint density at radius 3 is 2.61 bits per heavy atom. The first-order valence-electron chi connectivity index (χ1n) is 9.55. The van der Waals surface area contributed by atoms with E-state index in [9.17, 15) is 28.5 Å². The molecule has 1 heterocycles. The molecule has 1 aliphatic heterocycles. The molecule has 2 aromatic carbocycles. The molecule has 31 heavy (non-hydrogen) atoms. The van der Waals surface area contributed by atoms with Gasteiger partial charge in [0.1, 0.15) is 6.61 Å². The van der Waals surface area contributed by atoms with Gasteiger partial charge in [-0.1, -0.05) is 12.1 Å². The zero-order valence-corrected chi connectivity index (χ0v) is 17.2. The topological polar surface area (TPSA) is 105 Å². The number of rotatable bonds is 6. The third-order valence-corrected chi connectivity index (χ3v) is 5.08. The lowest BCUT2D eigenvalue weighted by Crippen LogP contribution is -2.55. The van der Waals surface area contributed by atoms with Gasteiger partial charge in [0.05, 0.1) is 12.2 Å². The Morgan fingerprint density at radius 2 is 1.97 bits per heavy atom. The number of carbonyl (C=O) groups is 2. The first-order chi connectivity index (χ1) is 14.5. The van der Waals surface area contributed by atoms with Crippen LogP contribution in [-0.2, 0) is 27.4 Å². The van der Waals surface area contributed by atoms with Gasteiger partial charge >= 0.3 is 13.1 Å². The number of benzene rings is 2. The molecule has 1 atom stereocenters. The van der Waals surface area contributed by atoms with Crippen molar-refractivity contribution in [3.63, 3.8) is 0 Å². The Balaban J connectivity index is 1.75. The van der Waals surface area contributed by atoms with Crippen molar-refractivity contribution in [2.24, 2.45) is 0 Å². The molecule has 3 rings (SSSR count). The number of hydrogen-bond donors (Lipinski definition) is 3. The molecule has 1 aliphatic rings. The number of halogens is 2. The normalized spacial score (nSPS) is 14.2. The number of hydrogen-bond acceptors (Lipinski definition) is 6. The lowest BCUT2D eigenvalue weighted by atomic mass is 9.75. The highest BCUT2D eigenvalue weighted by Gasteiger charge is 2.37. The molecule has 0 aliphatic carbocycles. The van der Waals surface area contributed by atoms with Crippen LogP contribution in [0.5, 0.6) is 0 Å². The van der Waals surface area contributed by atoms with Crippen LogP contribution in [0.4, 0.5) is 8.78 Å². The highest BCUT2D eigenvalue weighted by molar-refractivity contribution is 6.62. The van der Waals surface area contributed by atoms with Crippen molar-refractivity contribution in [1.29, 1.82) is 0 Å². The van der Waals surface area contributed by atoms with Gasteiger partial charge in [-0.15, -0.1) is 0 Å². The minimum atomic E-state index is -1.69. The molecule has 0 bridgehead atoms. The molecule has 0 spiro atoms. The van der Waals surface area contributed by atoms with E-state index >= 15 is 0 Å². The SMILES string of the molecule is Cc1c(C(=O)N[C@H](C(=O)OCc2ccc(F)c(F)c2)C(C)(C)O)ccc2c1B(O)OC2. The molecule has 164 valence electrons. The summed E-state index contributed by atoms with van der Waals surface area (Å²) in [6, 6.07) is 4.79. The molecule has 2 aromatic rings. The summed E-state index contributed by atoms with van der Waals surface area (Å²) in [7, 11) is -1.14. The molecule has 0 aromatic heterocycles. The molecule has 0 saturated heterocycles. The fraction of sp³-hybridized carbons (Fsp3) is 0.333. The number of aliphatic hydroxyl groups is 1. The summed E-state index contributed by atoms with van der Waals surface area (Å²) in [4.78, 5) is 25.4. The van der Waals surface area contributed by atoms with Gasteiger partial charge in [-0.05, 0) is 61.1 Å². The van der Waals surface area contributed by atoms with Crippen molar-refractivity contribution in [3.05, 3.63) is 64.2 Å². The van der Waals surface area contributed by atoms with Crippen molar-refractivity contribution < 1.29 is 37.9 Å². The van der Waals surface area contributed by atoms with Crippen molar-refractivity contribution in [1.82, 2.24) is 5.32 Å². The maximum Gasteiger partial charge on any atom is 0.492 e. The summed E-state index contributed by atoms with van der Waals surface area (Å²) in [5, 5.41) is 22.8. The summed E-state index contributed by atoms with van der Waals surface area (Å²) in [5.74, 6) is -3.72. The number of ether oxygens (including phenoxy) is 1. The first kappa shape index (κ1) is 22.9. The summed E-state index contributed by atoms with van der Waals surface area (Å²) >= 11 is 0. The lowest BCUT2D eigenvalue weighted by Gasteiger charge is -2.28. The number of esters is 1. The van der Waals surface area contributed by atoms with Crippen molar-refractivity contribution >= 4 is 24.5 Å². The molecule has 7 nitrogen and oxygen atoms in total. The number of nitrogens with one attached hydrogen (secondary N) is 1. The summed E-state index contributed by atoms with van der Waals surface area (Å²) in [5.41, 5.74) is 0.459. The van der Waals surface area contributed by atoms with Crippen LogP contribution in [-0.4, -0.2) is 40.8 Å². The van der Waals surface area contributed by atoms with Crippen LogP contribution >= 0.6 is 0 Å². The maximum absolute atomic E-state index is 13.3. The molecule has 1 amide bonds. The summed E-state index contributed by atoms with van der Waals surface area (Å²) < 4.78 is 36.6. The Hall–Kier alpha value is -2.82. The van der Waals surface area contributed by atoms with Crippen LogP contribution in [0.25, 0.3) is 0 Å². The zero-order valence-electron chi connectivity index (χ0n) is 17.2. The Labute approximate surface area is 178 Å². The second kappa shape index (κ2) is 8.74. The average Bonchev–Trinajstić information content (AvgIpc) is 3.07. The zero-order chi connectivity index (χ0) is 22.9. The van der Waals surface area contributed by atoms with Gasteiger partial charge in [0.25, 0.3) is 5.91 Å². The van der Waals surface area contributed by atoms with Crippen LogP contribution in [0.15, 0.2) is 30.3 Å². The van der Waals surface area contributed by atoms with Crippen LogP contribution in [0, 0.1) is 18.6 Å². The number of carbonyl (C=O) groups excluding carboxylic acids is 2. The number of amides is 1. The van der Waals surface area contributed by atoms with E-state index in [2.05, 4.69) is 5.32 Å². The minimum Gasteiger partial charge on any atom is -0.459 e. The molecule has 10 heteroatoms. The third-order valence-electron chi connectivity index (χ3n) is 5.08. The van der Waals surface area contributed by atoms with Gasteiger partial charge in [0.2, 0.25) is 0 Å². The fourth-order valence-corrected chi connectivity index (χ4v) is 3.35. The van der Waals surface area contributed by atoms with Crippen molar-refractivity contribution in [2.45, 2.75) is 45.6 Å². The van der Waals surface area contributed by atoms with E-state index in [1.807, 2.05) is 0 Å². The van der Waals surface area contributed by atoms with Crippen LogP contribution in [0.2, 0.25) is 0 Å². The highest BCUT2D eigenvalue weighted by Crippen LogP contribution is 2.18. The quantitative estimate of drug-likeness (QED) is 0.466. The Kier molecular flexibility index (Phi) is 6.44. The highest BCUT2D eigenvalue weighted by atomic mass is 19.2. The molecular weight excluding hydrogens is 411 g/mol. The van der Waals surface area contributed by atoms with Crippen LogP contribution < -0.4 is 10.8 Å². The largest absolute Gasteiger partial charge is 0.492 e. The fourth-order valence-electron chi connectivity index (χ4n) is 3.35. The average molecular weight is 433 g/mol. The Bertz CT molecular complexity index is 1020. The molecule has 0 unspecified atom stereocenters. The van der Waals surface area contributed by atoms with Gasteiger partial charge < -0.3 is 24.8 Å². The summed E-state index contributed by atoms with van der Waals surface area (Å²) in [6.07, 6.45) is 0. The molecule has 0 radical (unpaired) electrons. The van der Waals surface area contributed by atoms with E-state index in [1.165, 1.54) is 19.9 Å². The van der Waals surface area contributed by atoms with E-state index < -0.39 is 42.3 Å². The van der Waals surface area contributed by atoms with Gasteiger partial charge in [0, 0.05) is 5.56 Å². The van der Waals surface area contributed by atoms with Gasteiger partial charge in [-0.2, -0.15) is 0 Å². The minimum absolute atomic E-state index is 0.200. The van der Waals surface area contributed by atoms with E-state index in [1.54, 1.807) is 19.1 Å². The predicted molar refractivity (Wildman–Crippen MR) is 107 cm³/mol. The van der Waals surface area contributed by atoms with Gasteiger partial charge in [-0.25, -0.2) is 13.6 Å². The Morgan fingerprint density at radius 1 is 1.26 bits per heavy atom. The third kappa shape index (κ3) is 4.92. The second-order valence-electron chi connectivity index (χ2n) is 7.89. The molecular formula is C21H22BF2NO6. The standard InChI is InChI=1S/C21H22BF2NO6/c1-11-14(6-5-13-10-31-22(29)17(11)13)19(26)25-18(21(2,3)28)20(27)30-9-12-4-7-15(23)16(24)8-12/h4-8,18,28-29H,9-10H2,1-3H3,(H,25,26)/t18-/m1/s1. The predicted octanol–water partition coefficient (Wildman–Crippen LogP) is 1.10. The lowest BCUT2D eigenvalue weighted by molar-refractivity contribution is -0.153. The van der Waals surface area contributed by atoms with Crippen molar-refractivity contribution in [3.8, 4) is 0 Å². The molecule has 3 N–H and O–H groups in total.